The van der Waals surface area contributed by atoms with E-state index in [4.69, 9.17) is 10.5 Å². The fraction of sp³-hybridized carbons (Fsp3) is 0.625. The Morgan fingerprint density at radius 1 is 1.11 bits per heavy atom. The summed E-state index contributed by atoms with van der Waals surface area (Å²) in [5.74, 6) is 1.01. The van der Waals surface area contributed by atoms with Crippen molar-refractivity contribution in [1.82, 2.24) is 0 Å². The van der Waals surface area contributed by atoms with Crippen LogP contribution in [-0.4, -0.2) is 6.10 Å². The number of ether oxygens (including phenoxy) is 1. The Morgan fingerprint density at radius 3 is 2.58 bits per heavy atom. The summed E-state index contributed by atoms with van der Waals surface area (Å²) in [6.45, 7) is 0. The molecule has 0 aromatic heterocycles. The van der Waals surface area contributed by atoms with Crippen LogP contribution in [0.2, 0.25) is 0 Å². The zero-order valence-corrected chi connectivity index (χ0v) is 11.3. The Morgan fingerprint density at radius 2 is 1.84 bits per heavy atom. The molecule has 2 N–H and O–H groups in total. The highest BCUT2D eigenvalue weighted by Crippen LogP contribution is 2.39. The van der Waals surface area contributed by atoms with Crippen molar-refractivity contribution >= 4 is 0 Å². The molecule has 2 nitrogen and oxygen atoms in total. The predicted octanol–water partition coefficient (Wildman–Crippen LogP) is 3.95. The van der Waals surface area contributed by atoms with Crippen molar-refractivity contribution in [2.75, 3.05) is 0 Å². The lowest BCUT2D eigenvalue weighted by molar-refractivity contribution is 0.0901. The van der Waals surface area contributed by atoms with Gasteiger partial charge in [-0.3, -0.25) is 0 Å². The standard InChI is InChI=1S/C16H22FNO/c17-12-7-8-13-14(18)10-15(19-16(13)9-12)11-5-3-1-2-4-6-11/h7-9,11,14-15H,1-6,10,18H2/t14-,15?/m1/s1. The Balaban J connectivity index is 1.79. The molecule has 1 aliphatic carbocycles. The molecule has 0 spiro atoms. The van der Waals surface area contributed by atoms with E-state index in [1.54, 1.807) is 6.07 Å². The highest BCUT2D eigenvalue weighted by atomic mass is 19.1. The van der Waals surface area contributed by atoms with Gasteiger partial charge in [0.25, 0.3) is 0 Å². The van der Waals surface area contributed by atoms with Gasteiger partial charge in [0, 0.05) is 24.1 Å². The van der Waals surface area contributed by atoms with Gasteiger partial charge in [-0.05, 0) is 24.8 Å². The third-order valence-corrected chi connectivity index (χ3v) is 4.57. The SMILES string of the molecule is N[C@@H]1CC(C2CCCCCC2)Oc2cc(F)ccc21. The van der Waals surface area contributed by atoms with Gasteiger partial charge in [-0.15, -0.1) is 0 Å². The number of halogens is 1. The van der Waals surface area contributed by atoms with Crippen molar-refractivity contribution in [2.45, 2.75) is 57.1 Å². The Bertz CT molecular complexity index is 440. The van der Waals surface area contributed by atoms with E-state index in [2.05, 4.69) is 0 Å². The zero-order valence-electron chi connectivity index (χ0n) is 11.3. The molecule has 19 heavy (non-hydrogen) atoms. The van der Waals surface area contributed by atoms with E-state index < -0.39 is 0 Å². The van der Waals surface area contributed by atoms with E-state index in [1.807, 2.05) is 0 Å². The van der Waals surface area contributed by atoms with Crippen molar-refractivity contribution < 1.29 is 9.13 Å². The molecule has 1 aromatic rings. The lowest BCUT2D eigenvalue weighted by Gasteiger charge is -2.35. The molecule has 3 rings (SSSR count). The van der Waals surface area contributed by atoms with E-state index in [0.717, 1.165) is 12.0 Å². The van der Waals surface area contributed by atoms with Crippen molar-refractivity contribution in [3.05, 3.63) is 29.6 Å². The Kier molecular flexibility index (Phi) is 3.74. The molecule has 1 fully saturated rings. The zero-order chi connectivity index (χ0) is 13.2. The number of hydrogen-bond donors (Lipinski definition) is 1. The van der Waals surface area contributed by atoms with Crippen LogP contribution in [-0.2, 0) is 0 Å². The van der Waals surface area contributed by atoms with Crippen molar-refractivity contribution in [3.63, 3.8) is 0 Å². The van der Waals surface area contributed by atoms with Gasteiger partial charge in [0.05, 0.1) is 0 Å². The predicted molar refractivity (Wildman–Crippen MR) is 73.6 cm³/mol. The second-order valence-corrected chi connectivity index (χ2v) is 5.93. The maximum atomic E-state index is 13.3. The average molecular weight is 263 g/mol. The van der Waals surface area contributed by atoms with Gasteiger partial charge in [-0.1, -0.05) is 31.7 Å². The molecule has 1 unspecified atom stereocenters. The van der Waals surface area contributed by atoms with Crippen LogP contribution in [0.3, 0.4) is 0 Å². The molecule has 0 amide bonds. The van der Waals surface area contributed by atoms with Crippen molar-refractivity contribution in [1.29, 1.82) is 0 Å². The molecule has 3 heteroatoms. The average Bonchev–Trinajstić information content (AvgIpc) is 2.66. The first-order chi connectivity index (χ1) is 9.24. The van der Waals surface area contributed by atoms with Crippen LogP contribution in [0, 0.1) is 11.7 Å². The summed E-state index contributed by atoms with van der Waals surface area (Å²) in [6, 6.07) is 4.70. The molecular formula is C16H22FNO. The minimum Gasteiger partial charge on any atom is -0.490 e. The molecule has 1 heterocycles. The van der Waals surface area contributed by atoms with Crippen LogP contribution in [0.5, 0.6) is 5.75 Å². The summed E-state index contributed by atoms with van der Waals surface area (Å²) in [7, 11) is 0. The third kappa shape index (κ3) is 2.76. The van der Waals surface area contributed by atoms with Crippen LogP contribution in [0.4, 0.5) is 4.39 Å². The summed E-state index contributed by atoms with van der Waals surface area (Å²) in [5.41, 5.74) is 7.18. The maximum absolute atomic E-state index is 13.3. The van der Waals surface area contributed by atoms with Gasteiger partial charge >= 0.3 is 0 Å². The molecule has 0 radical (unpaired) electrons. The van der Waals surface area contributed by atoms with Crippen LogP contribution >= 0.6 is 0 Å². The highest BCUT2D eigenvalue weighted by Gasteiger charge is 2.32. The first-order valence-corrected chi connectivity index (χ1v) is 7.46. The first kappa shape index (κ1) is 12.9. The summed E-state index contributed by atoms with van der Waals surface area (Å²) in [5, 5.41) is 0. The molecule has 1 aliphatic heterocycles. The lowest BCUT2D eigenvalue weighted by atomic mass is 9.86. The Hall–Kier alpha value is -1.09. The summed E-state index contributed by atoms with van der Waals surface area (Å²) >= 11 is 0. The van der Waals surface area contributed by atoms with Crippen molar-refractivity contribution in [3.8, 4) is 5.75 Å². The molecule has 104 valence electrons. The van der Waals surface area contributed by atoms with Gasteiger partial charge < -0.3 is 10.5 Å². The summed E-state index contributed by atoms with van der Waals surface area (Å²) in [4.78, 5) is 0. The molecule has 0 bridgehead atoms. The van der Waals surface area contributed by atoms with E-state index in [1.165, 1.54) is 50.7 Å². The topological polar surface area (TPSA) is 35.2 Å². The van der Waals surface area contributed by atoms with E-state index >= 15 is 0 Å². The summed E-state index contributed by atoms with van der Waals surface area (Å²) < 4.78 is 19.4. The molecular weight excluding hydrogens is 241 g/mol. The minimum atomic E-state index is -0.243. The molecule has 1 saturated carbocycles. The van der Waals surface area contributed by atoms with Crippen LogP contribution in [0.1, 0.15) is 56.6 Å². The summed E-state index contributed by atoms with van der Waals surface area (Å²) in [6.07, 6.45) is 8.72. The fourth-order valence-corrected chi connectivity index (χ4v) is 3.48. The van der Waals surface area contributed by atoms with Gasteiger partial charge in [0.2, 0.25) is 0 Å². The van der Waals surface area contributed by atoms with Crippen molar-refractivity contribution in [2.24, 2.45) is 11.7 Å². The second kappa shape index (κ2) is 5.49. The quantitative estimate of drug-likeness (QED) is 0.779. The monoisotopic (exact) mass is 263 g/mol. The molecule has 0 saturated heterocycles. The molecule has 2 aliphatic rings. The number of nitrogens with two attached hydrogens (primary N) is 1. The lowest BCUT2D eigenvalue weighted by Crippen LogP contribution is -2.35. The first-order valence-electron chi connectivity index (χ1n) is 7.46. The fourth-order valence-electron chi connectivity index (χ4n) is 3.48. The third-order valence-electron chi connectivity index (χ3n) is 4.57. The number of rotatable bonds is 1. The number of fused-ring (bicyclic) bond motifs is 1. The van der Waals surface area contributed by atoms with Crippen LogP contribution in [0.25, 0.3) is 0 Å². The number of benzene rings is 1. The van der Waals surface area contributed by atoms with Gasteiger partial charge in [-0.25, -0.2) is 4.39 Å². The van der Waals surface area contributed by atoms with Gasteiger partial charge in [0.1, 0.15) is 17.7 Å². The normalized spacial score (nSPS) is 28.3. The smallest absolute Gasteiger partial charge is 0.127 e. The minimum absolute atomic E-state index is 0.0161. The van der Waals surface area contributed by atoms with E-state index in [9.17, 15) is 4.39 Å². The Labute approximate surface area is 114 Å². The largest absolute Gasteiger partial charge is 0.490 e. The van der Waals surface area contributed by atoms with Crippen LogP contribution < -0.4 is 10.5 Å². The van der Waals surface area contributed by atoms with E-state index in [0.29, 0.717) is 11.7 Å². The maximum Gasteiger partial charge on any atom is 0.127 e. The van der Waals surface area contributed by atoms with Gasteiger partial charge in [-0.2, -0.15) is 0 Å². The van der Waals surface area contributed by atoms with Gasteiger partial charge in [0.15, 0.2) is 0 Å². The van der Waals surface area contributed by atoms with Crippen LogP contribution in [0.15, 0.2) is 18.2 Å². The molecule has 1 aromatic carbocycles. The second-order valence-electron chi connectivity index (χ2n) is 5.93. The highest BCUT2D eigenvalue weighted by molar-refractivity contribution is 5.38. The molecule has 2 atom stereocenters. The van der Waals surface area contributed by atoms with E-state index in [-0.39, 0.29) is 18.0 Å². The number of hydrogen-bond acceptors (Lipinski definition) is 2.